The fourth-order valence-electron chi connectivity index (χ4n) is 11.6. The van der Waals surface area contributed by atoms with Gasteiger partial charge in [0.15, 0.2) is 0 Å². The van der Waals surface area contributed by atoms with Gasteiger partial charge in [-0.05, 0) is 0 Å². The Morgan fingerprint density at radius 1 is 0.731 bits per heavy atom. The van der Waals surface area contributed by atoms with Crippen molar-refractivity contribution in [3.05, 3.63) is 159 Å². The Morgan fingerprint density at radius 2 is 1.33 bits per heavy atom. The Bertz CT molecular complexity index is 2040. The van der Waals surface area contributed by atoms with Crippen molar-refractivity contribution in [1.29, 1.82) is 0 Å². The molecule has 1 fully saturated rings. The van der Waals surface area contributed by atoms with Crippen LogP contribution in [0.2, 0.25) is 11.8 Å². The van der Waals surface area contributed by atoms with Crippen molar-refractivity contribution >= 4 is 20.4 Å². The second-order valence-corrected chi connectivity index (χ2v) is 25.5. The quantitative estimate of drug-likeness (QED) is 0.259. The van der Waals surface area contributed by atoms with Gasteiger partial charge in [-0.25, -0.2) is 0 Å². The van der Waals surface area contributed by atoms with Gasteiger partial charge in [0.2, 0.25) is 0 Å². The Kier molecular flexibility index (Phi) is 10.4. The minimum Gasteiger partial charge on any atom is -1.00 e. The van der Waals surface area contributed by atoms with Gasteiger partial charge in [-0.1, -0.05) is 0 Å². The molecule has 52 heavy (non-hydrogen) atoms. The Morgan fingerprint density at radius 3 is 1.96 bits per heavy atom. The number of allylic oxidation sites excluding steroid dienone is 10. The van der Waals surface area contributed by atoms with E-state index in [9.17, 15) is 0 Å². The zero-order valence-electron chi connectivity index (χ0n) is 32.3. The van der Waals surface area contributed by atoms with E-state index in [-0.39, 0.29) is 49.6 Å². The molecule has 0 aromatic heterocycles. The van der Waals surface area contributed by atoms with E-state index in [1.165, 1.54) is 34.2 Å². The van der Waals surface area contributed by atoms with Crippen LogP contribution < -0.4 is 24.8 Å². The molecule has 0 N–H and O–H groups in total. The molecule has 3 aromatic carbocycles. The van der Waals surface area contributed by atoms with Crippen LogP contribution in [0, 0.1) is 34.5 Å². The largest absolute Gasteiger partial charge is 1.00 e. The molecular formula is C48H53Cl3Zr. The van der Waals surface area contributed by atoms with E-state index in [4.69, 9.17) is 11.6 Å². The summed E-state index contributed by atoms with van der Waals surface area (Å²) >= 11 is 3.61. The smallest absolute Gasteiger partial charge is 1.00 e. The summed E-state index contributed by atoms with van der Waals surface area (Å²) in [7, 11) is 0. The van der Waals surface area contributed by atoms with Gasteiger partial charge in [-0.3, -0.25) is 0 Å². The van der Waals surface area contributed by atoms with Crippen LogP contribution >= 0.6 is 11.6 Å². The van der Waals surface area contributed by atoms with Gasteiger partial charge in [-0.2, -0.15) is 0 Å². The molecule has 8 rings (SSSR count). The second kappa shape index (κ2) is 13.6. The zero-order valence-corrected chi connectivity index (χ0v) is 37.0. The molecule has 3 unspecified atom stereocenters. The number of fused-ring (bicyclic) bond motifs is 6. The van der Waals surface area contributed by atoms with E-state index in [0.717, 1.165) is 17.9 Å². The van der Waals surface area contributed by atoms with E-state index >= 15 is 0 Å². The van der Waals surface area contributed by atoms with E-state index in [1.807, 2.05) is 5.57 Å². The first kappa shape index (κ1) is 39.7. The van der Waals surface area contributed by atoms with Crippen LogP contribution in [0.15, 0.2) is 126 Å². The van der Waals surface area contributed by atoms with Crippen molar-refractivity contribution < 1.29 is 46.1 Å². The van der Waals surface area contributed by atoms with Crippen LogP contribution in [0.1, 0.15) is 96.0 Å². The van der Waals surface area contributed by atoms with Gasteiger partial charge in [0.25, 0.3) is 0 Å². The third-order valence-electron chi connectivity index (χ3n) is 15.6. The summed E-state index contributed by atoms with van der Waals surface area (Å²) in [6.07, 6.45) is 18.3. The fourth-order valence-corrected chi connectivity index (χ4v) is 23.3. The summed E-state index contributed by atoms with van der Waals surface area (Å²) in [4.78, 5) is 0. The van der Waals surface area contributed by atoms with E-state index < -0.39 is 21.3 Å². The number of halogens is 3. The minimum atomic E-state index is -3.02. The fraction of sp³-hybridized carbons (Fsp3) is 0.396. The molecule has 1 saturated carbocycles. The summed E-state index contributed by atoms with van der Waals surface area (Å²) in [6.45, 7) is 23.7. The molecular weight excluding hydrogens is 774 g/mol. The molecule has 0 amide bonds. The van der Waals surface area contributed by atoms with Crippen LogP contribution in [0.25, 0.3) is 5.57 Å². The molecule has 0 bridgehead atoms. The number of hydrogen-bond acceptors (Lipinski definition) is 0. The van der Waals surface area contributed by atoms with Gasteiger partial charge in [0.05, 0.1) is 0 Å². The Balaban J connectivity index is 0.00000232. The van der Waals surface area contributed by atoms with Crippen LogP contribution in [-0.2, 0) is 27.7 Å². The van der Waals surface area contributed by atoms with Gasteiger partial charge in [-0.15, -0.1) is 0 Å². The zero-order chi connectivity index (χ0) is 35.4. The topological polar surface area (TPSA) is 0 Å². The molecule has 0 saturated heterocycles. The monoisotopic (exact) mass is 824 g/mol. The van der Waals surface area contributed by atoms with Gasteiger partial charge in [0.1, 0.15) is 0 Å². The molecule has 3 aromatic rings. The number of benzene rings is 3. The first-order valence-electron chi connectivity index (χ1n) is 18.8. The van der Waals surface area contributed by atoms with Crippen molar-refractivity contribution in [1.82, 2.24) is 0 Å². The minimum absolute atomic E-state index is 0. The van der Waals surface area contributed by atoms with E-state index in [2.05, 4.69) is 172 Å². The summed E-state index contributed by atoms with van der Waals surface area (Å²) in [5.41, 5.74) is 13.7. The van der Waals surface area contributed by atoms with Crippen LogP contribution in [-0.4, -0.2) is 3.21 Å². The van der Waals surface area contributed by atoms with Crippen LogP contribution in [0.4, 0.5) is 0 Å². The predicted molar refractivity (Wildman–Crippen MR) is 212 cm³/mol. The van der Waals surface area contributed by atoms with E-state index in [1.54, 1.807) is 19.9 Å². The molecule has 4 heteroatoms. The Labute approximate surface area is 338 Å². The first-order chi connectivity index (χ1) is 23.7. The molecule has 0 spiro atoms. The first-order valence-corrected chi connectivity index (χ1v) is 23.1. The van der Waals surface area contributed by atoms with Crippen molar-refractivity contribution in [2.24, 2.45) is 27.6 Å². The number of hydrogen-bond donors (Lipinski definition) is 0. The molecule has 3 atom stereocenters. The summed E-state index contributed by atoms with van der Waals surface area (Å²) in [5, 5.41) is 0.802. The average Bonchev–Trinajstić information content (AvgIpc) is 3.76. The molecule has 0 radical (unpaired) electrons. The third kappa shape index (κ3) is 5.18. The van der Waals surface area contributed by atoms with Crippen molar-refractivity contribution in [3.8, 4) is 0 Å². The van der Waals surface area contributed by atoms with Crippen molar-refractivity contribution in [2.45, 2.75) is 88.3 Å². The summed E-state index contributed by atoms with van der Waals surface area (Å²) in [6, 6.07) is 27.8. The van der Waals surface area contributed by atoms with Gasteiger partial charge in [0, 0.05) is 0 Å². The second-order valence-electron chi connectivity index (χ2n) is 17.7. The maximum absolute atomic E-state index is 6.63. The summed E-state index contributed by atoms with van der Waals surface area (Å²) in [5.74, 6) is 0.481. The Hall–Kier alpha value is -2.02. The van der Waals surface area contributed by atoms with E-state index in [0.29, 0.717) is 9.54 Å². The molecule has 5 aliphatic rings. The maximum atomic E-state index is 6.63. The molecule has 0 heterocycles. The standard InChI is InChI=1S/C29H37.C14H11Cl.C5H5.2ClH.Zr/c1-18-25-22-17-19-13-9-10-14-20(19)24(22)21-15-11-12-16-23(21)29(25,8)28(6,7)27(4,5)26(18,2)3;1-11-2-4-12(5-3-11)10-13-6-8-14(15)9-7-13;1-2-4-5-3-1;;;/h9-11,13-15,23H,12,16-17H2,1-8H3;2-9H,1H3;1-5H;2*1H;/q;;;;;+2/p-2. The van der Waals surface area contributed by atoms with Crippen LogP contribution in [0.5, 0.6) is 0 Å². The molecule has 270 valence electrons. The predicted octanol–water partition coefficient (Wildman–Crippen LogP) is 7.32. The van der Waals surface area contributed by atoms with Gasteiger partial charge < -0.3 is 24.8 Å². The van der Waals surface area contributed by atoms with Gasteiger partial charge >= 0.3 is 316 Å². The molecule has 5 aliphatic carbocycles. The molecule has 0 nitrogen and oxygen atoms in total. The van der Waals surface area contributed by atoms with Crippen molar-refractivity contribution in [3.63, 3.8) is 0 Å². The average molecular weight is 828 g/mol. The maximum Gasteiger partial charge on any atom is -1.00 e. The number of rotatable bonds is 4. The van der Waals surface area contributed by atoms with Crippen LogP contribution in [0.3, 0.4) is 0 Å². The SMILES string of the molecule is Cc1ccc([C](c2ccc(Cl)cc2)=[Zr+2]([CH]2C=CC=C2)[C]2(C)C3=C4Cc5ccccc5C4=C4C=CCCC4C3(C)C(C)(C)C(C)(C)C2(C)C)cc1.[Cl-].[Cl-]. The summed E-state index contributed by atoms with van der Waals surface area (Å²) < 4.78 is 2.02. The third-order valence-corrected chi connectivity index (χ3v) is 26.0. The number of aryl methyl sites for hydroxylation is 1. The normalized spacial score (nSPS) is 27.6. The molecule has 0 aliphatic heterocycles. The van der Waals surface area contributed by atoms with Crippen molar-refractivity contribution in [2.75, 3.05) is 0 Å².